The third-order valence-electron chi connectivity index (χ3n) is 0.673. The van der Waals surface area contributed by atoms with Crippen LogP contribution in [-0.2, 0) is 9.53 Å². The Morgan fingerprint density at radius 2 is 2.00 bits per heavy atom. The Balaban J connectivity index is 0. The highest BCUT2D eigenvalue weighted by Crippen LogP contribution is 1.89. The number of hydrogen-bond acceptors (Lipinski definition) is 3. The van der Waals surface area contributed by atoms with Gasteiger partial charge in [-0.3, -0.25) is 0 Å². The lowest BCUT2D eigenvalue weighted by Gasteiger charge is -1.99. The van der Waals surface area contributed by atoms with Crippen LogP contribution >= 0.6 is 0 Å². The molecule has 0 rings (SSSR count). The van der Waals surface area contributed by atoms with Crippen LogP contribution in [0.15, 0.2) is 12.2 Å². The lowest BCUT2D eigenvalue weighted by atomic mass is 10.4. The van der Waals surface area contributed by atoms with Gasteiger partial charge in [-0.15, -0.1) is 0 Å². The molecule has 0 aromatic carbocycles. The van der Waals surface area contributed by atoms with Crippen molar-refractivity contribution >= 4 is 15.5 Å². The van der Waals surface area contributed by atoms with E-state index in [1.807, 2.05) is 0 Å². The molecule has 72 valence electrons. The lowest BCUT2D eigenvalue weighted by Crippen LogP contribution is -2.08. The largest absolute Gasteiger partial charge is 0.460 e. The number of carbonyl (C=O) groups is 1. The first-order valence-corrected chi connectivity index (χ1v) is 6.86. The molecule has 0 aliphatic carbocycles. The van der Waals surface area contributed by atoms with Crippen LogP contribution in [0.5, 0.6) is 0 Å². The maximum absolute atomic E-state index is 10.5. The van der Waals surface area contributed by atoms with Crippen LogP contribution in [0, 0.1) is 0 Å². The fraction of sp³-hybridized carbons (Fsp3) is 0.625. The molecule has 0 saturated carbocycles. The van der Waals surface area contributed by atoms with Gasteiger partial charge in [-0.05, 0) is 6.92 Å². The van der Waals surface area contributed by atoms with E-state index in [9.17, 15) is 4.79 Å². The molecule has 0 spiro atoms. The number of esters is 1. The van der Waals surface area contributed by atoms with Gasteiger partial charge in [-0.25, -0.2) is 4.79 Å². The quantitative estimate of drug-likeness (QED) is 0.397. The smallest absolute Gasteiger partial charge is 0.333 e. The summed E-state index contributed by atoms with van der Waals surface area (Å²) in [6.45, 7) is 9.34. The molecule has 12 heavy (non-hydrogen) atoms. The number of aliphatic hydroxyl groups excluding tert-OH is 1. The molecule has 0 fully saturated rings. The summed E-state index contributed by atoms with van der Waals surface area (Å²) in [6, 6.07) is 0. The SMILES string of the molecule is C=C(C)C(=O)OCCO.C[SiH2]C. The van der Waals surface area contributed by atoms with Crippen LogP contribution in [0.25, 0.3) is 0 Å². The molecular weight excluding hydrogens is 172 g/mol. The third kappa shape index (κ3) is 12.1. The van der Waals surface area contributed by atoms with Gasteiger partial charge in [0, 0.05) is 15.1 Å². The van der Waals surface area contributed by atoms with Gasteiger partial charge in [0.2, 0.25) is 0 Å². The van der Waals surface area contributed by atoms with Crippen molar-refractivity contribution in [2.45, 2.75) is 20.0 Å². The maximum Gasteiger partial charge on any atom is 0.333 e. The van der Waals surface area contributed by atoms with E-state index >= 15 is 0 Å². The molecule has 0 bridgehead atoms. The van der Waals surface area contributed by atoms with Crippen LogP contribution in [0.1, 0.15) is 6.92 Å². The fourth-order valence-electron chi connectivity index (χ4n) is 0.262. The average Bonchev–Trinajstić information content (AvgIpc) is 2.01. The summed E-state index contributed by atoms with van der Waals surface area (Å²) in [7, 11) is 0.417. The van der Waals surface area contributed by atoms with Crippen molar-refractivity contribution in [3.05, 3.63) is 12.2 Å². The molecule has 0 aliphatic rings. The predicted octanol–water partition coefficient (Wildman–Crippen LogP) is 0.349. The van der Waals surface area contributed by atoms with E-state index in [-0.39, 0.29) is 13.2 Å². The minimum absolute atomic E-state index is 0.0473. The highest BCUT2D eigenvalue weighted by molar-refractivity contribution is 6.31. The monoisotopic (exact) mass is 190 g/mol. The Kier molecular flexibility index (Phi) is 12.1. The number of ether oxygens (including phenoxy) is 1. The van der Waals surface area contributed by atoms with E-state index in [2.05, 4.69) is 24.4 Å². The summed E-state index contributed by atoms with van der Waals surface area (Å²) in [5, 5.41) is 8.19. The normalized spacial score (nSPS) is 8.00. The summed E-state index contributed by atoms with van der Waals surface area (Å²) in [5.41, 5.74) is 0.350. The predicted molar refractivity (Wildman–Crippen MR) is 53.1 cm³/mol. The Bertz CT molecular complexity index is 134. The molecule has 4 heteroatoms. The molecule has 0 aromatic rings. The zero-order chi connectivity index (χ0) is 9.98. The van der Waals surface area contributed by atoms with E-state index in [0.717, 1.165) is 0 Å². The molecular formula is C8H18O3Si. The number of carbonyl (C=O) groups excluding carboxylic acids is 1. The van der Waals surface area contributed by atoms with Crippen molar-refractivity contribution in [1.82, 2.24) is 0 Å². The molecule has 0 unspecified atom stereocenters. The van der Waals surface area contributed by atoms with Crippen molar-refractivity contribution in [2.75, 3.05) is 13.2 Å². The van der Waals surface area contributed by atoms with Gasteiger partial charge in [-0.1, -0.05) is 19.7 Å². The van der Waals surface area contributed by atoms with Gasteiger partial charge in [0.25, 0.3) is 0 Å². The molecule has 0 aliphatic heterocycles. The van der Waals surface area contributed by atoms with Crippen LogP contribution < -0.4 is 0 Å². The summed E-state index contributed by atoms with van der Waals surface area (Å²) in [6.07, 6.45) is 0. The van der Waals surface area contributed by atoms with Crippen LogP contribution in [0.2, 0.25) is 13.1 Å². The summed E-state index contributed by atoms with van der Waals surface area (Å²) >= 11 is 0. The van der Waals surface area contributed by atoms with E-state index in [1.54, 1.807) is 6.92 Å². The molecule has 0 radical (unpaired) electrons. The third-order valence-corrected chi connectivity index (χ3v) is 0.673. The Labute approximate surface area is 76.3 Å². The number of rotatable bonds is 3. The summed E-state index contributed by atoms with van der Waals surface area (Å²) < 4.78 is 4.46. The summed E-state index contributed by atoms with van der Waals surface area (Å²) in [4.78, 5) is 10.5. The maximum atomic E-state index is 10.5. The van der Waals surface area contributed by atoms with Crippen molar-refractivity contribution in [2.24, 2.45) is 0 Å². The van der Waals surface area contributed by atoms with Crippen LogP contribution in [0.3, 0.4) is 0 Å². The highest BCUT2D eigenvalue weighted by Gasteiger charge is 1.99. The second kappa shape index (κ2) is 10.4. The first-order valence-electron chi connectivity index (χ1n) is 4.03. The molecule has 1 N–H and O–H groups in total. The van der Waals surface area contributed by atoms with E-state index in [4.69, 9.17) is 5.11 Å². The highest BCUT2D eigenvalue weighted by atomic mass is 28.2. The second-order valence-electron chi connectivity index (χ2n) is 2.35. The Hall–Kier alpha value is -0.613. The molecule has 0 aromatic heterocycles. The van der Waals surface area contributed by atoms with Crippen molar-refractivity contribution < 1.29 is 14.6 Å². The van der Waals surface area contributed by atoms with Crippen molar-refractivity contribution in [1.29, 1.82) is 0 Å². The topological polar surface area (TPSA) is 46.5 Å². The Morgan fingerprint density at radius 1 is 1.58 bits per heavy atom. The van der Waals surface area contributed by atoms with Crippen LogP contribution in [0.4, 0.5) is 0 Å². The number of hydrogen-bond donors (Lipinski definition) is 1. The lowest BCUT2D eigenvalue weighted by molar-refractivity contribution is -0.139. The van der Waals surface area contributed by atoms with Gasteiger partial charge in [-0.2, -0.15) is 0 Å². The second-order valence-corrected chi connectivity index (χ2v) is 3.76. The van der Waals surface area contributed by atoms with Gasteiger partial charge in [0.1, 0.15) is 6.61 Å². The fourth-order valence-corrected chi connectivity index (χ4v) is 0.262. The molecule has 0 saturated heterocycles. The average molecular weight is 190 g/mol. The van der Waals surface area contributed by atoms with Gasteiger partial charge >= 0.3 is 5.97 Å². The molecule has 0 amide bonds. The molecule has 0 atom stereocenters. The van der Waals surface area contributed by atoms with Gasteiger partial charge < -0.3 is 9.84 Å². The van der Waals surface area contributed by atoms with E-state index in [0.29, 0.717) is 15.1 Å². The van der Waals surface area contributed by atoms with Crippen LogP contribution in [-0.4, -0.2) is 33.8 Å². The standard InChI is InChI=1S/C6H10O3.C2H8Si/c1-5(2)6(8)9-4-3-7;1-3-2/h7H,1,3-4H2,2H3;3H2,1-2H3. The zero-order valence-electron chi connectivity index (χ0n) is 8.09. The van der Waals surface area contributed by atoms with E-state index in [1.165, 1.54) is 0 Å². The van der Waals surface area contributed by atoms with Gasteiger partial charge in [0.05, 0.1) is 6.61 Å². The number of aliphatic hydroxyl groups is 1. The van der Waals surface area contributed by atoms with Crippen molar-refractivity contribution in [3.8, 4) is 0 Å². The minimum Gasteiger partial charge on any atom is -0.460 e. The van der Waals surface area contributed by atoms with E-state index < -0.39 is 5.97 Å². The summed E-state index contributed by atoms with van der Waals surface area (Å²) in [5.74, 6) is -0.455. The first kappa shape index (κ1) is 13.9. The van der Waals surface area contributed by atoms with Gasteiger partial charge in [0.15, 0.2) is 0 Å². The Morgan fingerprint density at radius 3 is 2.25 bits per heavy atom. The zero-order valence-corrected chi connectivity index (χ0v) is 9.51. The first-order chi connectivity index (χ1) is 5.59. The van der Waals surface area contributed by atoms with Crippen molar-refractivity contribution in [3.63, 3.8) is 0 Å². The molecule has 3 nitrogen and oxygen atoms in total. The minimum atomic E-state index is -0.455. The molecule has 0 heterocycles.